The summed E-state index contributed by atoms with van der Waals surface area (Å²) in [7, 11) is 0. The number of benzene rings is 1. The van der Waals surface area contributed by atoms with Gasteiger partial charge in [0.2, 0.25) is 5.89 Å². The highest BCUT2D eigenvalue weighted by Gasteiger charge is 2.17. The maximum atomic E-state index is 13.8. The van der Waals surface area contributed by atoms with E-state index in [2.05, 4.69) is 15.5 Å². The molecule has 1 aromatic heterocycles. The molecule has 2 aromatic rings. The van der Waals surface area contributed by atoms with Gasteiger partial charge in [0.15, 0.2) is 0 Å². The molecule has 0 unspecified atom stereocenters. The summed E-state index contributed by atoms with van der Waals surface area (Å²) in [6.45, 7) is 5.78. The first-order chi connectivity index (χ1) is 9.26. The highest BCUT2D eigenvalue weighted by molar-refractivity contribution is 5.56. The molecule has 6 heteroatoms. The van der Waals surface area contributed by atoms with Crippen LogP contribution in [-0.2, 0) is 6.54 Å². The van der Waals surface area contributed by atoms with Crippen molar-refractivity contribution in [1.29, 1.82) is 0 Å². The molecule has 2 rings (SSSR count). The summed E-state index contributed by atoms with van der Waals surface area (Å²) in [5, 5.41) is 11.0. The van der Waals surface area contributed by atoms with Gasteiger partial charge in [-0.2, -0.15) is 0 Å². The minimum Gasteiger partial charge on any atom is -0.406 e. The minimum atomic E-state index is -0.309. The van der Waals surface area contributed by atoms with Crippen LogP contribution in [0.3, 0.4) is 0 Å². The lowest BCUT2D eigenvalue weighted by molar-refractivity contribution is 0.472. The van der Waals surface area contributed by atoms with Gasteiger partial charge in [-0.15, -0.1) is 5.10 Å². The quantitative estimate of drug-likeness (QED) is 0.868. The zero-order chi connectivity index (χ0) is 13.7. The summed E-state index contributed by atoms with van der Waals surface area (Å²) in [6, 6.07) is 6.83. The molecular formula is C13H17FN4O. The van der Waals surface area contributed by atoms with Gasteiger partial charge in [-0.1, -0.05) is 24.2 Å². The fourth-order valence-corrected chi connectivity index (χ4v) is 1.74. The van der Waals surface area contributed by atoms with E-state index in [1.807, 2.05) is 13.8 Å². The molecular weight excluding hydrogens is 247 g/mol. The largest absolute Gasteiger partial charge is 0.406 e. The molecule has 0 aliphatic carbocycles. The van der Waals surface area contributed by atoms with Crippen molar-refractivity contribution in [2.45, 2.75) is 20.4 Å². The van der Waals surface area contributed by atoms with Crippen molar-refractivity contribution in [2.24, 2.45) is 0 Å². The van der Waals surface area contributed by atoms with Gasteiger partial charge >= 0.3 is 6.01 Å². The Kier molecular flexibility index (Phi) is 4.46. The average Bonchev–Trinajstić information content (AvgIpc) is 2.88. The van der Waals surface area contributed by atoms with Crippen LogP contribution in [0.2, 0.25) is 0 Å². The monoisotopic (exact) mass is 264 g/mol. The Morgan fingerprint density at radius 3 is 2.74 bits per heavy atom. The van der Waals surface area contributed by atoms with Crippen molar-refractivity contribution < 1.29 is 8.81 Å². The number of nitrogens with zero attached hydrogens (tertiary/aromatic N) is 3. The fraction of sp³-hybridized carbons (Fsp3) is 0.385. The molecule has 102 valence electrons. The lowest BCUT2D eigenvalue weighted by Crippen LogP contribution is -2.17. The van der Waals surface area contributed by atoms with Crippen LogP contribution in [0.1, 0.15) is 19.7 Å². The Labute approximate surface area is 111 Å². The third-order valence-corrected chi connectivity index (χ3v) is 2.67. The van der Waals surface area contributed by atoms with Gasteiger partial charge in [0.05, 0.1) is 12.2 Å². The molecule has 0 aliphatic heterocycles. The van der Waals surface area contributed by atoms with Crippen LogP contribution < -0.4 is 10.2 Å². The van der Waals surface area contributed by atoms with Gasteiger partial charge in [-0.05, 0) is 25.6 Å². The number of rotatable bonds is 6. The van der Waals surface area contributed by atoms with E-state index in [1.165, 1.54) is 6.07 Å². The zero-order valence-electron chi connectivity index (χ0n) is 11.1. The molecule has 0 saturated carbocycles. The third kappa shape index (κ3) is 3.08. The van der Waals surface area contributed by atoms with Gasteiger partial charge in [-0.3, -0.25) is 4.90 Å². The normalized spacial score (nSPS) is 10.7. The molecule has 0 amide bonds. The third-order valence-electron chi connectivity index (χ3n) is 2.67. The molecule has 0 spiro atoms. The SMILES string of the molecule is CCNCc1nnc(N(CC)c2ccccc2F)o1. The Morgan fingerprint density at radius 1 is 1.26 bits per heavy atom. The molecule has 0 radical (unpaired) electrons. The Balaban J connectivity index is 2.22. The summed E-state index contributed by atoms with van der Waals surface area (Å²) < 4.78 is 19.3. The topological polar surface area (TPSA) is 54.2 Å². The van der Waals surface area contributed by atoms with Gasteiger partial charge in [-0.25, -0.2) is 4.39 Å². The second kappa shape index (κ2) is 6.29. The summed E-state index contributed by atoms with van der Waals surface area (Å²) in [6.07, 6.45) is 0. The first-order valence-electron chi connectivity index (χ1n) is 6.31. The Morgan fingerprint density at radius 2 is 2.05 bits per heavy atom. The second-order valence-corrected chi connectivity index (χ2v) is 3.95. The summed E-state index contributed by atoms with van der Waals surface area (Å²) >= 11 is 0. The van der Waals surface area contributed by atoms with Gasteiger partial charge in [0, 0.05) is 6.54 Å². The lowest BCUT2D eigenvalue weighted by atomic mass is 10.3. The van der Waals surface area contributed by atoms with Gasteiger partial charge in [0.1, 0.15) is 5.82 Å². The van der Waals surface area contributed by atoms with Crippen molar-refractivity contribution in [2.75, 3.05) is 18.0 Å². The molecule has 0 saturated heterocycles. The zero-order valence-corrected chi connectivity index (χ0v) is 11.1. The number of hydrogen-bond donors (Lipinski definition) is 1. The molecule has 1 N–H and O–H groups in total. The molecule has 0 bridgehead atoms. The predicted molar refractivity (Wildman–Crippen MR) is 70.8 cm³/mol. The smallest absolute Gasteiger partial charge is 0.322 e. The van der Waals surface area contributed by atoms with Gasteiger partial charge in [0.25, 0.3) is 0 Å². The van der Waals surface area contributed by atoms with Crippen LogP contribution in [0.15, 0.2) is 28.7 Å². The van der Waals surface area contributed by atoms with Crippen molar-refractivity contribution >= 4 is 11.7 Å². The molecule has 0 aliphatic rings. The summed E-state index contributed by atoms with van der Waals surface area (Å²) in [4.78, 5) is 1.65. The minimum absolute atomic E-state index is 0.306. The van der Waals surface area contributed by atoms with E-state index >= 15 is 0 Å². The van der Waals surface area contributed by atoms with Crippen molar-refractivity contribution in [1.82, 2.24) is 15.5 Å². The molecule has 0 fully saturated rings. The second-order valence-electron chi connectivity index (χ2n) is 3.95. The molecule has 5 nitrogen and oxygen atoms in total. The van der Waals surface area contributed by atoms with Gasteiger partial charge < -0.3 is 9.73 Å². The maximum Gasteiger partial charge on any atom is 0.322 e. The van der Waals surface area contributed by atoms with E-state index in [4.69, 9.17) is 4.42 Å². The predicted octanol–water partition coefficient (Wildman–Crippen LogP) is 2.48. The van der Waals surface area contributed by atoms with E-state index in [9.17, 15) is 4.39 Å². The van der Waals surface area contributed by atoms with Crippen LogP contribution in [0.25, 0.3) is 0 Å². The number of hydrogen-bond acceptors (Lipinski definition) is 5. The van der Waals surface area contributed by atoms with E-state index < -0.39 is 0 Å². The number of halogens is 1. The Bertz CT molecular complexity index is 529. The highest BCUT2D eigenvalue weighted by atomic mass is 19.1. The summed E-state index contributed by atoms with van der Waals surface area (Å²) in [5.74, 6) is 0.183. The van der Waals surface area contributed by atoms with Crippen molar-refractivity contribution in [3.8, 4) is 0 Å². The van der Waals surface area contributed by atoms with E-state index in [0.717, 1.165) is 6.54 Å². The van der Waals surface area contributed by atoms with E-state index in [-0.39, 0.29) is 5.82 Å². The first kappa shape index (κ1) is 13.5. The Hall–Kier alpha value is -1.95. The van der Waals surface area contributed by atoms with Crippen LogP contribution in [0.4, 0.5) is 16.1 Å². The highest BCUT2D eigenvalue weighted by Crippen LogP contribution is 2.26. The lowest BCUT2D eigenvalue weighted by Gasteiger charge is -2.18. The van der Waals surface area contributed by atoms with Crippen LogP contribution in [0.5, 0.6) is 0 Å². The van der Waals surface area contributed by atoms with E-state index in [0.29, 0.717) is 30.7 Å². The number of nitrogens with one attached hydrogen (secondary N) is 1. The number of anilines is 2. The van der Waals surface area contributed by atoms with Crippen LogP contribution >= 0.6 is 0 Å². The standard InChI is InChI=1S/C13H17FN4O/c1-3-15-9-12-16-17-13(19-12)18(4-2)11-8-6-5-7-10(11)14/h5-8,15H,3-4,9H2,1-2H3. The molecule has 0 atom stereocenters. The fourth-order valence-electron chi connectivity index (χ4n) is 1.74. The van der Waals surface area contributed by atoms with Crippen LogP contribution in [-0.4, -0.2) is 23.3 Å². The summed E-state index contributed by atoms with van der Waals surface area (Å²) in [5.41, 5.74) is 0.434. The van der Waals surface area contributed by atoms with Crippen molar-refractivity contribution in [3.63, 3.8) is 0 Å². The number of para-hydroxylation sites is 1. The molecule has 1 heterocycles. The molecule has 19 heavy (non-hydrogen) atoms. The van der Waals surface area contributed by atoms with Crippen LogP contribution in [0, 0.1) is 5.82 Å². The van der Waals surface area contributed by atoms with Crippen molar-refractivity contribution in [3.05, 3.63) is 36.0 Å². The van der Waals surface area contributed by atoms with E-state index in [1.54, 1.807) is 23.1 Å². The number of aromatic nitrogens is 2. The first-order valence-corrected chi connectivity index (χ1v) is 6.31. The average molecular weight is 264 g/mol. The molecule has 1 aromatic carbocycles. The maximum absolute atomic E-state index is 13.8.